The predicted octanol–water partition coefficient (Wildman–Crippen LogP) is 3.10. The summed E-state index contributed by atoms with van der Waals surface area (Å²) in [7, 11) is 3.81. The van der Waals surface area contributed by atoms with Crippen molar-refractivity contribution >= 4 is 17.4 Å². The Kier molecular flexibility index (Phi) is 5.70. The van der Waals surface area contributed by atoms with Crippen LogP contribution in [0.5, 0.6) is 0 Å². The highest BCUT2D eigenvalue weighted by molar-refractivity contribution is 5.78. The van der Waals surface area contributed by atoms with Crippen molar-refractivity contribution in [3.8, 4) is 11.1 Å². The van der Waals surface area contributed by atoms with Gasteiger partial charge in [0, 0.05) is 57.7 Å². The Balaban J connectivity index is 1.43. The summed E-state index contributed by atoms with van der Waals surface area (Å²) >= 11 is 0. The normalized spacial score (nSPS) is 14.1. The molecule has 0 aliphatic carbocycles. The van der Waals surface area contributed by atoms with Crippen molar-refractivity contribution in [3.05, 3.63) is 66.6 Å². The smallest absolute Gasteiger partial charge is 0.244 e. The lowest BCUT2D eigenvalue weighted by molar-refractivity contribution is -0.132. The first-order valence-corrected chi connectivity index (χ1v) is 10.1. The molecule has 0 bridgehead atoms. The zero-order valence-corrected chi connectivity index (χ0v) is 17.3. The Morgan fingerprint density at radius 1 is 1.00 bits per heavy atom. The average Bonchev–Trinajstić information content (AvgIpc) is 3.19. The molecule has 6 nitrogen and oxygen atoms in total. The molecule has 0 spiro atoms. The molecule has 0 unspecified atom stereocenters. The first-order chi connectivity index (χ1) is 14.5. The summed E-state index contributed by atoms with van der Waals surface area (Å²) in [6.07, 6.45) is 1.86. The highest BCUT2D eigenvalue weighted by atomic mass is 19.1. The molecule has 1 amide bonds. The number of hydrogen-bond donors (Lipinski definition) is 0. The summed E-state index contributed by atoms with van der Waals surface area (Å²) in [4.78, 5) is 19.0. The second kappa shape index (κ2) is 8.57. The van der Waals surface area contributed by atoms with E-state index in [1.807, 2.05) is 48.3 Å². The summed E-state index contributed by atoms with van der Waals surface area (Å²) in [5, 5.41) is 4.60. The maximum absolute atomic E-state index is 13.3. The van der Waals surface area contributed by atoms with Crippen molar-refractivity contribution in [1.29, 1.82) is 0 Å². The van der Waals surface area contributed by atoms with Gasteiger partial charge in [0.1, 0.15) is 12.4 Å². The molecule has 1 saturated heterocycles. The number of carbonyl (C=O) groups excluding carboxylic acids is 1. The largest absolute Gasteiger partial charge is 0.368 e. The first kappa shape index (κ1) is 19.9. The van der Waals surface area contributed by atoms with Gasteiger partial charge in [0.25, 0.3) is 0 Å². The lowest BCUT2D eigenvalue weighted by Crippen LogP contribution is -2.49. The van der Waals surface area contributed by atoms with E-state index < -0.39 is 0 Å². The van der Waals surface area contributed by atoms with Crippen molar-refractivity contribution in [2.45, 2.75) is 6.54 Å². The fraction of sp³-hybridized carbons (Fsp3) is 0.304. The Morgan fingerprint density at radius 2 is 1.67 bits per heavy atom. The lowest BCUT2D eigenvalue weighted by atomic mass is 10.1. The van der Waals surface area contributed by atoms with Crippen LogP contribution in [0.1, 0.15) is 0 Å². The average molecular weight is 407 g/mol. The third-order valence-electron chi connectivity index (χ3n) is 5.37. The molecule has 156 valence electrons. The number of para-hydroxylation sites is 1. The molecule has 30 heavy (non-hydrogen) atoms. The number of carbonyl (C=O) groups is 1. The van der Waals surface area contributed by atoms with E-state index in [-0.39, 0.29) is 18.3 Å². The standard InChI is InChI=1S/C23H26FN5O/c1-26(2)23-21(18-8-10-19(24)11-9-18)16-29(25-23)17-22(30)28-14-12-27(13-15-28)20-6-4-3-5-7-20/h3-11,16H,12-15,17H2,1-2H3. The molecule has 3 aromatic rings. The molecule has 2 aromatic carbocycles. The van der Waals surface area contributed by atoms with Gasteiger partial charge in [-0.1, -0.05) is 30.3 Å². The zero-order chi connectivity index (χ0) is 21.1. The molecular formula is C23H26FN5O. The van der Waals surface area contributed by atoms with Gasteiger partial charge in [-0.15, -0.1) is 0 Å². The number of piperazine rings is 1. The second-order valence-corrected chi connectivity index (χ2v) is 7.67. The van der Waals surface area contributed by atoms with Gasteiger partial charge in [-0.2, -0.15) is 5.10 Å². The van der Waals surface area contributed by atoms with Crippen LogP contribution in [0.3, 0.4) is 0 Å². The van der Waals surface area contributed by atoms with Gasteiger partial charge in [-0.25, -0.2) is 4.39 Å². The van der Waals surface area contributed by atoms with Gasteiger partial charge in [0.2, 0.25) is 5.91 Å². The molecule has 1 fully saturated rings. The van der Waals surface area contributed by atoms with E-state index in [9.17, 15) is 9.18 Å². The fourth-order valence-corrected chi connectivity index (χ4v) is 3.75. The number of aromatic nitrogens is 2. The molecule has 4 rings (SSSR count). The summed E-state index contributed by atoms with van der Waals surface area (Å²) in [5.41, 5.74) is 2.94. The summed E-state index contributed by atoms with van der Waals surface area (Å²) < 4.78 is 15.0. The number of nitrogens with zero attached hydrogens (tertiary/aromatic N) is 5. The van der Waals surface area contributed by atoms with E-state index in [4.69, 9.17) is 0 Å². The molecule has 1 aromatic heterocycles. The van der Waals surface area contributed by atoms with Crippen LogP contribution in [-0.4, -0.2) is 60.9 Å². The third kappa shape index (κ3) is 4.30. The topological polar surface area (TPSA) is 44.6 Å². The predicted molar refractivity (Wildman–Crippen MR) is 117 cm³/mol. The SMILES string of the molecule is CN(C)c1nn(CC(=O)N2CCN(c3ccccc3)CC2)cc1-c1ccc(F)cc1. The van der Waals surface area contributed by atoms with Crippen LogP contribution in [0.15, 0.2) is 60.8 Å². The second-order valence-electron chi connectivity index (χ2n) is 7.67. The van der Waals surface area contributed by atoms with Gasteiger partial charge < -0.3 is 14.7 Å². The molecule has 7 heteroatoms. The van der Waals surface area contributed by atoms with E-state index in [1.54, 1.807) is 16.8 Å². The molecular weight excluding hydrogens is 381 g/mol. The van der Waals surface area contributed by atoms with Crippen LogP contribution in [0.2, 0.25) is 0 Å². The van der Waals surface area contributed by atoms with E-state index in [0.717, 1.165) is 30.0 Å². The monoisotopic (exact) mass is 407 g/mol. The van der Waals surface area contributed by atoms with Crippen LogP contribution in [0.4, 0.5) is 15.9 Å². The van der Waals surface area contributed by atoms with Crippen molar-refractivity contribution < 1.29 is 9.18 Å². The number of hydrogen-bond acceptors (Lipinski definition) is 4. The number of rotatable bonds is 5. The minimum atomic E-state index is -0.276. The molecule has 0 atom stereocenters. The highest BCUT2D eigenvalue weighted by Crippen LogP contribution is 2.29. The minimum absolute atomic E-state index is 0.0566. The van der Waals surface area contributed by atoms with Crippen molar-refractivity contribution in [2.24, 2.45) is 0 Å². The number of benzene rings is 2. The van der Waals surface area contributed by atoms with Crippen LogP contribution in [0, 0.1) is 5.82 Å². The Labute approximate surface area is 176 Å². The molecule has 0 saturated carbocycles. The van der Waals surface area contributed by atoms with Crippen molar-refractivity contribution in [1.82, 2.24) is 14.7 Å². The summed E-state index contributed by atoms with van der Waals surface area (Å²) in [5.74, 6) is 0.534. The maximum Gasteiger partial charge on any atom is 0.244 e. The molecule has 1 aliphatic rings. The van der Waals surface area contributed by atoms with E-state index in [2.05, 4.69) is 22.1 Å². The zero-order valence-electron chi connectivity index (χ0n) is 17.3. The van der Waals surface area contributed by atoms with Crippen molar-refractivity contribution in [2.75, 3.05) is 50.1 Å². The number of halogens is 1. The summed E-state index contributed by atoms with van der Waals surface area (Å²) in [6.45, 7) is 3.21. The molecule has 2 heterocycles. The number of amides is 1. The molecule has 0 radical (unpaired) electrons. The number of anilines is 2. The highest BCUT2D eigenvalue weighted by Gasteiger charge is 2.22. The fourth-order valence-electron chi connectivity index (χ4n) is 3.75. The Bertz CT molecular complexity index is 992. The maximum atomic E-state index is 13.3. The van der Waals surface area contributed by atoms with E-state index >= 15 is 0 Å². The van der Waals surface area contributed by atoms with Gasteiger partial charge in [0.05, 0.1) is 0 Å². The first-order valence-electron chi connectivity index (χ1n) is 10.1. The van der Waals surface area contributed by atoms with Gasteiger partial charge in [0.15, 0.2) is 5.82 Å². The molecule has 1 aliphatic heterocycles. The minimum Gasteiger partial charge on any atom is -0.368 e. The van der Waals surface area contributed by atoms with Crippen LogP contribution in [0.25, 0.3) is 11.1 Å². The third-order valence-corrected chi connectivity index (χ3v) is 5.37. The van der Waals surface area contributed by atoms with Crippen LogP contribution in [-0.2, 0) is 11.3 Å². The van der Waals surface area contributed by atoms with Crippen LogP contribution >= 0.6 is 0 Å². The quantitative estimate of drug-likeness (QED) is 0.652. The lowest BCUT2D eigenvalue weighted by Gasteiger charge is -2.36. The Hall–Kier alpha value is -3.35. The van der Waals surface area contributed by atoms with E-state index in [1.165, 1.54) is 17.8 Å². The van der Waals surface area contributed by atoms with Gasteiger partial charge in [-0.3, -0.25) is 9.48 Å². The van der Waals surface area contributed by atoms with Gasteiger partial charge in [-0.05, 0) is 29.8 Å². The van der Waals surface area contributed by atoms with Crippen molar-refractivity contribution in [3.63, 3.8) is 0 Å². The van der Waals surface area contributed by atoms with Gasteiger partial charge >= 0.3 is 0 Å². The van der Waals surface area contributed by atoms with E-state index in [0.29, 0.717) is 13.1 Å². The molecule has 0 N–H and O–H groups in total. The van der Waals surface area contributed by atoms with Crippen LogP contribution < -0.4 is 9.80 Å². The summed E-state index contributed by atoms with van der Waals surface area (Å²) in [6, 6.07) is 16.6. The Morgan fingerprint density at radius 3 is 2.30 bits per heavy atom.